The van der Waals surface area contributed by atoms with Crippen molar-refractivity contribution < 1.29 is 33.3 Å². The molecule has 3 aromatic carbocycles. The molecule has 224 valence electrons. The lowest BCUT2D eigenvalue weighted by molar-refractivity contribution is -0.119. The minimum Gasteiger partial charge on any atom is -0.492 e. The number of methoxy groups -OCH3 is 2. The Balaban J connectivity index is 1.59. The SMILES string of the molecule is COCC(=O)Nc1cc(C(C)(C)C)cc(NC(=O)C(=O)c2ccc(OCCN3CCOCC3)c3ccccc23)c1OC. The normalized spacial score (nSPS) is 13.9. The molecule has 0 atom stereocenters. The van der Waals surface area contributed by atoms with Crippen LogP contribution in [0.2, 0.25) is 0 Å². The Morgan fingerprint density at radius 3 is 2.24 bits per heavy atom. The van der Waals surface area contributed by atoms with Gasteiger partial charge in [-0.25, -0.2) is 0 Å². The zero-order chi connectivity index (χ0) is 30.3. The summed E-state index contributed by atoms with van der Waals surface area (Å²) in [5, 5.41) is 6.85. The fourth-order valence-electron chi connectivity index (χ4n) is 4.79. The number of hydrogen-bond donors (Lipinski definition) is 2. The molecule has 1 heterocycles. The number of benzene rings is 3. The van der Waals surface area contributed by atoms with Gasteiger partial charge in [0.25, 0.3) is 11.7 Å². The summed E-state index contributed by atoms with van der Waals surface area (Å²) in [4.78, 5) is 41.5. The van der Waals surface area contributed by atoms with Crippen molar-refractivity contribution in [1.29, 1.82) is 0 Å². The van der Waals surface area contributed by atoms with Gasteiger partial charge in [-0.1, -0.05) is 45.0 Å². The molecule has 1 aliphatic heterocycles. The smallest absolute Gasteiger partial charge is 0.296 e. The number of Topliss-reactive ketones (excluding diaryl/α,β-unsaturated/α-hetero) is 1. The lowest BCUT2D eigenvalue weighted by Gasteiger charge is -2.26. The number of ketones is 1. The molecule has 2 N–H and O–H groups in total. The van der Waals surface area contributed by atoms with Crippen LogP contribution in [-0.2, 0) is 24.5 Å². The maximum absolute atomic E-state index is 13.5. The largest absolute Gasteiger partial charge is 0.492 e. The van der Waals surface area contributed by atoms with Gasteiger partial charge in [0.05, 0.1) is 31.7 Å². The molecule has 1 saturated heterocycles. The number of amides is 2. The molecule has 0 spiro atoms. The first kappa shape index (κ1) is 31.0. The van der Waals surface area contributed by atoms with Crippen molar-refractivity contribution in [1.82, 2.24) is 4.90 Å². The molecule has 0 bridgehead atoms. The number of hydrogen-bond acceptors (Lipinski definition) is 8. The third-order valence-corrected chi connectivity index (χ3v) is 7.06. The molecule has 3 aromatic rings. The Kier molecular flexibility index (Phi) is 10.2. The summed E-state index contributed by atoms with van der Waals surface area (Å²) in [5.41, 5.74) is 1.37. The van der Waals surface area contributed by atoms with E-state index in [0.717, 1.165) is 43.8 Å². The molecule has 0 aromatic heterocycles. The zero-order valence-corrected chi connectivity index (χ0v) is 24.9. The molecule has 10 heteroatoms. The molecule has 42 heavy (non-hydrogen) atoms. The Morgan fingerprint density at radius 2 is 1.60 bits per heavy atom. The molecule has 10 nitrogen and oxygen atoms in total. The number of nitrogens with zero attached hydrogens (tertiary/aromatic N) is 1. The third-order valence-electron chi connectivity index (χ3n) is 7.06. The number of nitrogens with one attached hydrogen (secondary N) is 2. The first-order valence-corrected chi connectivity index (χ1v) is 13.9. The number of ether oxygens (including phenoxy) is 4. The van der Waals surface area contributed by atoms with Crippen molar-refractivity contribution in [3.8, 4) is 11.5 Å². The molecule has 0 aliphatic carbocycles. The van der Waals surface area contributed by atoms with Crippen molar-refractivity contribution in [2.24, 2.45) is 0 Å². The van der Waals surface area contributed by atoms with Crippen LogP contribution in [0.25, 0.3) is 10.8 Å². The van der Waals surface area contributed by atoms with Crippen LogP contribution in [0.3, 0.4) is 0 Å². The second-order valence-electron chi connectivity index (χ2n) is 11.1. The zero-order valence-electron chi connectivity index (χ0n) is 24.9. The third kappa shape index (κ3) is 7.44. The monoisotopic (exact) mass is 577 g/mol. The van der Waals surface area contributed by atoms with Crippen LogP contribution < -0.4 is 20.1 Å². The summed E-state index contributed by atoms with van der Waals surface area (Å²) in [6.45, 7) is 10.3. The van der Waals surface area contributed by atoms with Crippen LogP contribution in [0.5, 0.6) is 11.5 Å². The van der Waals surface area contributed by atoms with Crippen LogP contribution in [0, 0.1) is 0 Å². The minimum absolute atomic E-state index is 0.150. The Bertz CT molecular complexity index is 1440. The van der Waals surface area contributed by atoms with Gasteiger partial charge in [0.15, 0.2) is 5.75 Å². The Labute approximate surface area is 246 Å². The average Bonchev–Trinajstić information content (AvgIpc) is 2.97. The van der Waals surface area contributed by atoms with Gasteiger partial charge in [-0.2, -0.15) is 0 Å². The van der Waals surface area contributed by atoms with Gasteiger partial charge in [0.2, 0.25) is 5.91 Å². The first-order valence-electron chi connectivity index (χ1n) is 13.9. The fraction of sp³-hybridized carbons (Fsp3) is 0.406. The van der Waals surface area contributed by atoms with E-state index < -0.39 is 11.7 Å². The number of morpholine rings is 1. The Morgan fingerprint density at radius 1 is 0.929 bits per heavy atom. The van der Waals surface area contributed by atoms with Gasteiger partial charge in [-0.05, 0) is 40.6 Å². The van der Waals surface area contributed by atoms with E-state index in [1.165, 1.54) is 14.2 Å². The van der Waals surface area contributed by atoms with E-state index in [2.05, 4.69) is 15.5 Å². The summed E-state index contributed by atoms with van der Waals surface area (Å²) < 4.78 is 22.0. The quantitative estimate of drug-likeness (QED) is 0.257. The summed E-state index contributed by atoms with van der Waals surface area (Å²) in [6, 6.07) is 14.2. The second kappa shape index (κ2) is 13.8. The number of carbonyl (C=O) groups is 3. The molecule has 4 rings (SSSR count). The van der Waals surface area contributed by atoms with Gasteiger partial charge in [-0.15, -0.1) is 0 Å². The van der Waals surface area contributed by atoms with Crippen LogP contribution in [0.15, 0.2) is 48.5 Å². The van der Waals surface area contributed by atoms with Crippen LogP contribution >= 0.6 is 0 Å². The number of anilines is 2. The topological polar surface area (TPSA) is 115 Å². The highest BCUT2D eigenvalue weighted by molar-refractivity contribution is 6.48. The maximum Gasteiger partial charge on any atom is 0.296 e. The van der Waals surface area contributed by atoms with E-state index in [1.54, 1.807) is 30.3 Å². The molecular weight excluding hydrogens is 538 g/mol. The molecule has 0 unspecified atom stereocenters. The van der Waals surface area contributed by atoms with Gasteiger partial charge >= 0.3 is 0 Å². The van der Waals surface area contributed by atoms with Gasteiger partial charge in [0, 0.05) is 37.7 Å². The number of rotatable bonds is 11. The van der Waals surface area contributed by atoms with Crippen molar-refractivity contribution in [2.45, 2.75) is 26.2 Å². The highest BCUT2D eigenvalue weighted by Crippen LogP contribution is 2.39. The fourth-order valence-corrected chi connectivity index (χ4v) is 4.79. The summed E-state index contributed by atoms with van der Waals surface area (Å²) in [5.74, 6) is -1.05. The van der Waals surface area contributed by atoms with E-state index >= 15 is 0 Å². The lowest BCUT2D eigenvalue weighted by atomic mass is 9.86. The van der Waals surface area contributed by atoms with Crippen LogP contribution in [0.4, 0.5) is 11.4 Å². The number of fused-ring (bicyclic) bond motifs is 1. The Hall–Kier alpha value is -3.99. The average molecular weight is 578 g/mol. The van der Waals surface area contributed by atoms with Crippen LogP contribution in [-0.4, -0.2) is 82.8 Å². The van der Waals surface area contributed by atoms with Gasteiger partial charge in [0.1, 0.15) is 19.0 Å². The van der Waals surface area contributed by atoms with Gasteiger partial charge < -0.3 is 29.6 Å². The summed E-state index contributed by atoms with van der Waals surface area (Å²) in [7, 11) is 2.86. The van der Waals surface area contributed by atoms with Crippen molar-refractivity contribution in [3.63, 3.8) is 0 Å². The molecular formula is C32H39N3O7. The lowest BCUT2D eigenvalue weighted by Crippen LogP contribution is -2.38. The highest BCUT2D eigenvalue weighted by Gasteiger charge is 2.25. The maximum atomic E-state index is 13.5. The van der Waals surface area contributed by atoms with Crippen molar-refractivity contribution in [2.75, 3.05) is 70.9 Å². The van der Waals surface area contributed by atoms with Crippen molar-refractivity contribution in [3.05, 3.63) is 59.7 Å². The van der Waals surface area contributed by atoms with E-state index in [0.29, 0.717) is 23.4 Å². The molecule has 2 amide bonds. The van der Waals surface area contributed by atoms with E-state index in [-0.39, 0.29) is 34.9 Å². The van der Waals surface area contributed by atoms with Crippen molar-refractivity contribution >= 4 is 39.7 Å². The highest BCUT2D eigenvalue weighted by atomic mass is 16.5. The summed E-state index contributed by atoms with van der Waals surface area (Å²) in [6.07, 6.45) is 0. The molecule has 0 saturated carbocycles. The summed E-state index contributed by atoms with van der Waals surface area (Å²) >= 11 is 0. The molecule has 1 aliphatic rings. The van der Waals surface area contributed by atoms with E-state index in [1.807, 2.05) is 39.0 Å². The molecule has 0 radical (unpaired) electrons. The standard InChI is InChI=1S/C32H39N3O7/c1-32(2,3)21-18-25(33-28(36)20-39-4)30(40-5)26(19-21)34-31(38)29(37)24-10-11-27(23-9-7-6-8-22(23)24)42-17-14-35-12-15-41-16-13-35/h6-11,18-19H,12-17,20H2,1-5H3,(H,33,36)(H,34,38). The van der Waals surface area contributed by atoms with Crippen LogP contribution in [0.1, 0.15) is 36.7 Å². The predicted octanol–water partition coefficient (Wildman–Crippen LogP) is 4.26. The number of carbonyl (C=O) groups excluding carboxylic acids is 3. The minimum atomic E-state index is -0.834. The van der Waals surface area contributed by atoms with Gasteiger partial charge in [-0.3, -0.25) is 19.3 Å². The predicted molar refractivity (Wildman–Crippen MR) is 162 cm³/mol. The second-order valence-corrected chi connectivity index (χ2v) is 11.1. The first-order chi connectivity index (χ1) is 20.1. The van der Waals surface area contributed by atoms with E-state index in [4.69, 9.17) is 18.9 Å². The molecule has 1 fully saturated rings. The van der Waals surface area contributed by atoms with E-state index in [9.17, 15) is 14.4 Å².